The van der Waals surface area contributed by atoms with Gasteiger partial charge in [-0.25, -0.2) is 4.98 Å². The number of rotatable bonds is 3. The topological polar surface area (TPSA) is 54.7 Å². The second kappa shape index (κ2) is 5.70. The molecule has 3 nitrogen and oxygen atoms in total. The maximum atomic E-state index is 5.59. The number of aromatic nitrogens is 2. The molecule has 2 rings (SSSR count). The van der Waals surface area contributed by atoms with Crippen molar-refractivity contribution in [2.45, 2.75) is 39.5 Å². The smallest absolute Gasteiger partial charge is 0.110 e. The van der Waals surface area contributed by atoms with Gasteiger partial charge in [-0.3, -0.25) is 0 Å². The molecule has 0 radical (unpaired) electrons. The quantitative estimate of drug-likeness (QED) is 0.892. The highest BCUT2D eigenvalue weighted by Crippen LogP contribution is 2.32. The molecule has 0 fully saturated rings. The zero-order valence-corrected chi connectivity index (χ0v) is 14.1. The molecule has 0 saturated carbocycles. The molecule has 1 aromatic heterocycles. The van der Waals surface area contributed by atoms with Crippen molar-refractivity contribution in [3.8, 4) is 11.3 Å². The van der Waals surface area contributed by atoms with Gasteiger partial charge >= 0.3 is 0 Å². The highest BCUT2D eigenvalue weighted by atomic mass is 79.9. The van der Waals surface area contributed by atoms with E-state index in [-0.39, 0.29) is 5.41 Å². The van der Waals surface area contributed by atoms with Crippen molar-refractivity contribution in [2.24, 2.45) is 5.73 Å². The number of benzene rings is 1. The van der Waals surface area contributed by atoms with Crippen molar-refractivity contribution < 1.29 is 0 Å². The first-order valence-electron chi connectivity index (χ1n) is 6.89. The summed E-state index contributed by atoms with van der Waals surface area (Å²) in [6, 6.07) is 6.60. The molecule has 0 unspecified atom stereocenters. The monoisotopic (exact) mass is 335 g/mol. The van der Waals surface area contributed by atoms with Crippen LogP contribution in [0.3, 0.4) is 0 Å². The van der Waals surface area contributed by atoms with Crippen LogP contribution in [0, 0.1) is 6.92 Å². The van der Waals surface area contributed by atoms with E-state index in [9.17, 15) is 0 Å². The molecule has 0 saturated heterocycles. The van der Waals surface area contributed by atoms with Crippen molar-refractivity contribution in [1.29, 1.82) is 0 Å². The first-order valence-corrected chi connectivity index (χ1v) is 7.68. The van der Waals surface area contributed by atoms with Gasteiger partial charge < -0.3 is 10.7 Å². The maximum Gasteiger partial charge on any atom is 0.110 e. The normalized spacial score (nSPS) is 11.9. The second-order valence-corrected chi connectivity index (χ2v) is 6.96. The number of hydrogen-bond donors (Lipinski definition) is 2. The molecule has 108 valence electrons. The Morgan fingerprint density at radius 1 is 1.30 bits per heavy atom. The number of nitrogens with one attached hydrogen (secondary N) is 1. The van der Waals surface area contributed by atoms with Crippen LogP contribution in [-0.4, -0.2) is 16.5 Å². The summed E-state index contributed by atoms with van der Waals surface area (Å²) < 4.78 is 0.926. The Morgan fingerprint density at radius 2 is 2.00 bits per heavy atom. The van der Waals surface area contributed by atoms with Crippen molar-refractivity contribution in [3.63, 3.8) is 0 Å². The van der Waals surface area contributed by atoms with Gasteiger partial charge in [0.25, 0.3) is 0 Å². The molecular formula is C16H22BrN3. The lowest BCUT2D eigenvalue weighted by Gasteiger charge is -2.20. The van der Waals surface area contributed by atoms with Gasteiger partial charge in [0.2, 0.25) is 0 Å². The Balaban J connectivity index is 2.51. The summed E-state index contributed by atoms with van der Waals surface area (Å²) in [5, 5.41) is 0. The lowest BCUT2D eigenvalue weighted by Crippen LogP contribution is -2.11. The van der Waals surface area contributed by atoms with Gasteiger partial charge in [-0.1, -0.05) is 32.9 Å². The summed E-state index contributed by atoms with van der Waals surface area (Å²) in [5.74, 6) is 0.926. The highest BCUT2D eigenvalue weighted by Gasteiger charge is 2.18. The Morgan fingerprint density at radius 3 is 2.60 bits per heavy atom. The van der Waals surface area contributed by atoms with E-state index < -0.39 is 0 Å². The van der Waals surface area contributed by atoms with E-state index in [0.717, 1.165) is 22.5 Å². The van der Waals surface area contributed by atoms with E-state index in [1.54, 1.807) is 0 Å². The molecule has 0 aliphatic heterocycles. The SMILES string of the molecule is Cc1ccc(C(C)(C)C)cc1-c1nc(CCN)[nH]c1Br. The van der Waals surface area contributed by atoms with Gasteiger partial charge in [0, 0.05) is 12.0 Å². The van der Waals surface area contributed by atoms with Crippen LogP contribution >= 0.6 is 15.9 Å². The number of halogens is 1. The van der Waals surface area contributed by atoms with Gasteiger partial charge in [-0.05, 0) is 52.0 Å². The van der Waals surface area contributed by atoms with Gasteiger partial charge in [-0.2, -0.15) is 0 Å². The van der Waals surface area contributed by atoms with Crippen LogP contribution < -0.4 is 5.73 Å². The first-order chi connectivity index (χ1) is 9.32. The van der Waals surface area contributed by atoms with Crippen LogP contribution in [0.5, 0.6) is 0 Å². The molecular weight excluding hydrogens is 314 g/mol. The minimum atomic E-state index is 0.130. The molecule has 0 atom stereocenters. The molecule has 1 aromatic carbocycles. The minimum Gasteiger partial charge on any atom is -0.336 e. The van der Waals surface area contributed by atoms with Crippen LogP contribution in [0.2, 0.25) is 0 Å². The summed E-state index contributed by atoms with van der Waals surface area (Å²) in [6.07, 6.45) is 0.761. The fourth-order valence-corrected chi connectivity index (χ4v) is 2.71. The van der Waals surface area contributed by atoms with Gasteiger partial charge in [0.05, 0.1) is 0 Å². The molecule has 0 bridgehead atoms. The molecule has 3 N–H and O–H groups in total. The predicted octanol–water partition coefficient (Wildman–Crippen LogP) is 3.95. The van der Waals surface area contributed by atoms with Crippen LogP contribution in [0.4, 0.5) is 0 Å². The van der Waals surface area contributed by atoms with Crippen LogP contribution in [0.1, 0.15) is 37.7 Å². The molecule has 0 amide bonds. The summed E-state index contributed by atoms with van der Waals surface area (Å²) in [5.41, 5.74) is 10.4. The summed E-state index contributed by atoms with van der Waals surface area (Å²) >= 11 is 3.57. The summed E-state index contributed by atoms with van der Waals surface area (Å²) in [6.45, 7) is 9.38. The molecule has 0 aliphatic carbocycles. The predicted molar refractivity (Wildman–Crippen MR) is 87.9 cm³/mol. The molecule has 1 heterocycles. The average Bonchev–Trinajstić information content (AvgIpc) is 2.70. The van der Waals surface area contributed by atoms with E-state index in [0.29, 0.717) is 6.54 Å². The number of imidazole rings is 1. The van der Waals surface area contributed by atoms with E-state index in [2.05, 4.69) is 71.8 Å². The van der Waals surface area contributed by atoms with E-state index in [1.165, 1.54) is 16.7 Å². The maximum absolute atomic E-state index is 5.59. The van der Waals surface area contributed by atoms with E-state index in [1.807, 2.05) is 0 Å². The van der Waals surface area contributed by atoms with Gasteiger partial charge in [-0.15, -0.1) is 0 Å². The van der Waals surface area contributed by atoms with Crippen LogP contribution in [0.25, 0.3) is 11.3 Å². The van der Waals surface area contributed by atoms with Crippen LogP contribution in [-0.2, 0) is 11.8 Å². The van der Waals surface area contributed by atoms with Gasteiger partial charge in [0.1, 0.15) is 16.1 Å². The second-order valence-electron chi connectivity index (χ2n) is 6.16. The fraction of sp³-hybridized carbons (Fsp3) is 0.438. The van der Waals surface area contributed by atoms with Crippen molar-refractivity contribution in [3.05, 3.63) is 39.8 Å². The molecule has 4 heteroatoms. The Bertz CT molecular complexity index is 609. The van der Waals surface area contributed by atoms with Crippen LogP contribution in [0.15, 0.2) is 22.8 Å². The van der Waals surface area contributed by atoms with Crippen molar-refractivity contribution in [1.82, 2.24) is 9.97 Å². The number of H-pyrrole nitrogens is 1. The highest BCUT2D eigenvalue weighted by molar-refractivity contribution is 9.10. The standard InChI is InChI=1S/C16H22BrN3/c1-10-5-6-11(16(2,3)4)9-12(10)14-15(17)20-13(19-14)7-8-18/h5-6,9H,7-8,18H2,1-4H3,(H,19,20). The Hall–Kier alpha value is -1.13. The van der Waals surface area contributed by atoms with Gasteiger partial charge in [0.15, 0.2) is 0 Å². The Labute approximate surface area is 129 Å². The van der Waals surface area contributed by atoms with Crippen molar-refractivity contribution in [2.75, 3.05) is 6.54 Å². The minimum absolute atomic E-state index is 0.130. The molecule has 0 spiro atoms. The number of hydrogen-bond acceptors (Lipinski definition) is 2. The number of aromatic amines is 1. The molecule has 20 heavy (non-hydrogen) atoms. The summed E-state index contributed by atoms with van der Waals surface area (Å²) in [4.78, 5) is 7.93. The largest absolute Gasteiger partial charge is 0.336 e. The molecule has 0 aliphatic rings. The average molecular weight is 336 g/mol. The zero-order valence-electron chi connectivity index (χ0n) is 12.5. The lowest BCUT2D eigenvalue weighted by atomic mass is 9.85. The first kappa shape index (κ1) is 15.3. The van der Waals surface area contributed by atoms with E-state index in [4.69, 9.17) is 5.73 Å². The zero-order chi connectivity index (χ0) is 14.9. The number of nitrogens with two attached hydrogens (primary N) is 1. The summed E-state index contributed by atoms with van der Waals surface area (Å²) in [7, 11) is 0. The third-order valence-electron chi connectivity index (χ3n) is 3.45. The fourth-order valence-electron chi connectivity index (χ4n) is 2.18. The number of nitrogens with zero attached hydrogens (tertiary/aromatic N) is 1. The third kappa shape index (κ3) is 3.13. The van der Waals surface area contributed by atoms with Crippen molar-refractivity contribution >= 4 is 15.9 Å². The van der Waals surface area contributed by atoms with E-state index >= 15 is 0 Å². The third-order valence-corrected chi connectivity index (χ3v) is 4.02. The lowest BCUT2D eigenvalue weighted by molar-refractivity contribution is 0.590. The Kier molecular flexibility index (Phi) is 4.35. The molecule has 2 aromatic rings. The number of aryl methyl sites for hydroxylation is 1.